The van der Waals surface area contributed by atoms with Crippen LogP contribution in [0.15, 0.2) is 18.7 Å². The molecule has 7 heteroatoms. The smallest absolute Gasteiger partial charge is 0.218 e. The van der Waals surface area contributed by atoms with Gasteiger partial charge in [-0.3, -0.25) is 5.10 Å². The highest BCUT2D eigenvalue weighted by molar-refractivity contribution is 5.37. The standard InChI is InChI=1S/C10H14N6O/c1-7(2)17-10-3-8(12-5-14-10)11-4-9-13-6-15-16-9/h3,5-7H,4H2,1-2H3,(H,11,12,14)(H,13,15,16). The SMILES string of the molecule is CC(C)Oc1cc(NCc2ncn[nH]2)ncn1. The number of nitrogens with one attached hydrogen (secondary N) is 2. The molecular formula is C10H14N6O. The summed E-state index contributed by atoms with van der Waals surface area (Å²) in [4.78, 5) is 12.1. The molecule has 0 amide bonds. The third kappa shape index (κ3) is 3.40. The zero-order valence-corrected chi connectivity index (χ0v) is 9.71. The lowest BCUT2D eigenvalue weighted by molar-refractivity contribution is 0.232. The first-order valence-corrected chi connectivity index (χ1v) is 5.31. The lowest BCUT2D eigenvalue weighted by Crippen LogP contribution is -2.08. The van der Waals surface area contributed by atoms with Crippen molar-refractivity contribution in [1.29, 1.82) is 0 Å². The molecule has 0 aliphatic carbocycles. The topological polar surface area (TPSA) is 88.6 Å². The van der Waals surface area contributed by atoms with Crippen molar-refractivity contribution in [2.24, 2.45) is 0 Å². The fraction of sp³-hybridized carbons (Fsp3) is 0.400. The molecular weight excluding hydrogens is 220 g/mol. The van der Waals surface area contributed by atoms with E-state index in [1.54, 1.807) is 6.07 Å². The van der Waals surface area contributed by atoms with Crippen LogP contribution in [-0.2, 0) is 6.54 Å². The number of H-pyrrole nitrogens is 1. The second-order valence-corrected chi connectivity index (χ2v) is 3.69. The summed E-state index contributed by atoms with van der Waals surface area (Å²) >= 11 is 0. The summed E-state index contributed by atoms with van der Waals surface area (Å²) in [5, 5.41) is 9.61. The average Bonchev–Trinajstić information content (AvgIpc) is 2.79. The normalized spacial score (nSPS) is 10.5. The Morgan fingerprint density at radius 1 is 1.29 bits per heavy atom. The van der Waals surface area contributed by atoms with Crippen LogP contribution in [-0.4, -0.2) is 31.3 Å². The predicted molar refractivity (Wildman–Crippen MR) is 61.5 cm³/mol. The van der Waals surface area contributed by atoms with E-state index in [4.69, 9.17) is 4.74 Å². The lowest BCUT2D eigenvalue weighted by atomic mass is 10.4. The maximum Gasteiger partial charge on any atom is 0.218 e. The predicted octanol–water partition coefficient (Wildman–Crippen LogP) is 0.994. The summed E-state index contributed by atoms with van der Waals surface area (Å²) in [5.41, 5.74) is 0. The number of aromatic amines is 1. The highest BCUT2D eigenvalue weighted by atomic mass is 16.5. The molecule has 2 N–H and O–H groups in total. The van der Waals surface area contributed by atoms with Crippen LogP contribution in [0.5, 0.6) is 5.88 Å². The van der Waals surface area contributed by atoms with Crippen LogP contribution in [0, 0.1) is 0 Å². The van der Waals surface area contributed by atoms with Crippen LogP contribution >= 0.6 is 0 Å². The third-order valence-electron chi connectivity index (χ3n) is 1.90. The Bertz CT molecular complexity index is 456. The lowest BCUT2D eigenvalue weighted by Gasteiger charge is -2.09. The zero-order valence-electron chi connectivity index (χ0n) is 9.71. The molecule has 0 aromatic carbocycles. The second kappa shape index (κ2) is 5.24. The van der Waals surface area contributed by atoms with Gasteiger partial charge in [-0.1, -0.05) is 0 Å². The first-order valence-electron chi connectivity index (χ1n) is 5.31. The fourth-order valence-electron chi connectivity index (χ4n) is 1.23. The largest absolute Gasteiger partial charge is 0.475 e. The van der Waals surface area contributed by atoms with Crippen LogP contribution in [0.2, 0.25) is 0 Å². The van der Waals surface area contributed by atoms with Crippen molar-refractivity contribution in [3.05, 3.63) is 24.5 Å². The van der Waals surface area contributed by atoms with Gasteiger partial charge in [0.2, 0.25) is 5.88 Å². The number of rotatable bonds is 5. The van der Waals surface area contributed by atoms with E-state index in [2.05, 4.69) is 30.5 Å². The van der Waals surface area contributed by atoms with Gasteiger partial charge in [-0.25, -0.2) is 15.0 Å². The van der Waals surface area contributed by atoms with Crippen LogP contribution in [0.4, 0.5) is 5.82 Å². The van der Waals surface area contributed by atoms with Crippen molar-refractivity contribution < 1.29 is 4.74 Å². The summed E-state index contributed by atoms with van der Waals surface area (Å²) < 4.78 is 5.46. The van der Waals surface area contributed by atoms with E-state index >= 15 is 0 Å². The van der Waals surface area contributed by atoms with Crippen LogP contribution in [0.25, 0.3) is 0 Å². The van der Waals surface area contributed by atoms with Crippen molar-refractivity contribution >= 4 is 5.82 Å². The van der Waals surface area contributed by atoms with Gasteiger partial charge < -0.3 is 10.1 Å². The molecule has 0 saturated carbocycles. The van der Waals surface area contributed by atoms with Crippen LogP contribution < -0.4 is 10.1 Å². The van der Waals surface area contributed by atoms with E-state index in [0.717, 1.165) is 5.82 Å². The van der Waals surface area contributed by atoms with Gasteiger partial charge in [0.25, 0.3) is 0 Å². The van der Waals surface area contributed by atoms with Gasteiger partial charge in [0.05, 0.1) is 12.6 Å². The number of hydrogen-bond donors (Lipinski definition) is 2. The van der Waals surface area contributed by atoms with Gasteiger partial charge in [-0.15, -0.1) is 0 Å². The summed E-state index contributed by atoms with van der Waals surface area (Å²) in [7, 11) is 0. The van der Waals surface area contributed by atoms with Gasteiger partial charge in [-0.05, 0) is 13.8 Å². The quantitative estimate of drug-likeness (QED) is 0.802. The van der Waals surface area contributed by atoms with E-state index < -0.39 is 0 Å². The summed E-state index contributed by atoms with van der Waals surface area (Å²) in [5.74, 6) is 1.98. The molecule has 2 heterocycles. The summed E-state index contributed by atoms with van der Waals surface area (Å²) in [6.07, 6.45) is 3.01. The Balaban J connectivity index is 1.96. The number of anilines is 1. The third-order valence-corrected chi connectivity index (χ3v) is 1.90. The molecule has 2 aromatic rings. The highest BCUT2D eigenvalue weighted by Crippen LogP contribution is 2.12. The van der Waals surface area contributed by atoms with Crippen molar-refractivity contribution in [2.75, 3.05) is 5.32 Å². The highest BCUT2D eigenvalue weighted by Gasteiger charge is 2.02. The molecule has 0 radical (unpaired) electrons. The molecule has 2 rings (SSSR count). The van der Waals surface area contributed by atoms with Gasteiger partial charge in [0.1, 0.15) is 24.3 Å². The number of ether oxygens (including phenoxy) is 1. The van der Waals surface area contributed by atoms with Crippen molar-refractivity contribution in [2.45, 2.75) is 26.5 Å². The van der Waals surface area contributed by atoms with Crippen molar-refractivity contribution in [1.82, 2.24) is 25.1 Å². The van der Waals surface area contributed by atoms with Gasteiger partial charge in [-0.2, -0.15) is 5.10 Å². The molecule has 0 saturated heterocycles. The molecule has 90 valence electrons. The second-order valence-electron chi connectivity index (χ2n) is 3.69. The minimum absolute atomic E-state index is 0.0898. The minimum atomic E-state index is 0.0898. The Morgan fingerprint density at radius 3 is 2.88 bits per heavy atom. The van der Waals surface area contributed by atoms with Crippen LogP contribution in [0.3, 0.4) is 0 Å². The summed E-state index contributed by atoms with van der Waals surface area (Å²) in [6, 6.07) is 1.75. The van der Waals surface area contributed by atoms with E-state index in [1.807, 2.05) is 13.8 Å². The van der Waals surface area contributed by atoms with Crippen molar-refractivity contribution in [3.63, 3.8) is 0 Å². The van der Waals surface area contributed by atoms with Gasteiger partial charge in [0, 0.05) is 6.07 Å². The van der Waals surface area contributed by atoms with E-state index in [9.17, 15) is 0 Å². The minimum Gasteiger partial charge on any atom is -0.475 e. The molecule has 0 spiro atoms. The molecule has 0 aliphatic rings. The van der Waals surface area contributed by atoms with E-state index in [1.165, 1.54) is 12.7 Å². The van der Waals surface area contributed by atoms with E-state index in [-0.39, 0.29) is 6.10 Å². The molecule has 7 nitrogen and oxygen atoms in total. The molecule has 0 bridgehead atoms. The maximum atomic E-state index is 5.46. The molecule has 0 fully saturated rings. The van der Waals surface area contributed by atoms with E-state index in [0.29, 0.717) is 18.2 Å². The molecule has 2 aromatic heterocycles. The Labute approximate surface area is 98.7 Å². The first-order chi connectivity index (χ1) is 8.24. The molecule has 0 aliphatic heterocycles. The molecule has 0 unspecified atom stereocenters. The number of aromatic nitrogens is 5. The Hall–Kier alpha value is -2.18. The first kappa shape index (κ1) is 11.3. The van der Waals surface area contributed by atoms with Crippen molar-refractivity contribution in [3.8, 4) is 5.88 Å². The number of nitrogens with zero attached hydrogens (tertiary/aromatic N) is 4. The van der Waals surface area contributed by atoms with Gasteiger partial charge in [0.15, 0.2) is 0 Å². The monoisotopic (exact) mass is 234 g/mol. The van der Waals surface area contributed by atoms with Gasteiger partial charge >= 0.3 is 0 Å². The fourth-order valence-corrected chi connectivity index (χ4v) is 1.23. The summed E-state index contributed by atoms with van der Waals surface area (Å²) in [6.45, 7) is 4.42. The van der Waals surface area contributed by atoms with Crippen LogP contribution in [0.1, 0.15) is 19.7 Å². The zero-order chi connectivity index (χ0) is 12.1. The Morgan fingerprint density at radius 2 is 2.18 bits per heavy atom. The Kier molecular flexibility index (Phi) is 3.49. The molecule has 17 heavy (non-hydrogen) atoms. The average molecular weight is 234 g/mol. The number of hydrogen-bond acceptors (Lipinski definition) is 6. The maximum absolute atomic E-state index is 5.46. The molecule has 0 atom stereocenters.